The summed E-state index contributed by atoms with van der Waals surface area (Å²) in [6.07, 6.45) is 22.5. The molecule has 5 nitrogen and oxygen atoms in total. The average molecular weight is 503 g/mol. The van der Waals surface area contributed by atoms with Crippen LogP contribution in [0.2, 0.25) is 5.02 Å². The fourth-order valence-corrected chi connectivity index (χ4v) is 4.52. The number of carboxylic acid groups (broad SMARTS) is 1. The van der Waals surface area contributed by atoms with Crippen molar-refractivity contribution < 1.29 is 14.7 Å². The second-order valence-electron chi connectivity index (χ2n) is 9.46. The van der Waals surface area contributed by atoms with Gasteiger partial charge in [-0.1, -0.05) is 82.0 Å². The van der Waals surface area contributed by atoms with E-state index in [4.69, 9.17) is 11.6 Å². The summed E-state index contributed by atoms with van der Waals surface area (Å²) in [6, 6.07) is 6.42. The van der Waals surface area contributed by atoms with E-state index < -0.39 is 12.0 Å². The first kappa shape index (κ1) is 29.0. The third-order valence-corrected chi connectivity index (χ3v) is 6.65. The first-order chi connectivity index (χ1) is 17.0. The number of fused-ring (bicyclic) bond motifs is 1. The molecule has 194 valence electrons. The maximum Gasteiger partial charge on any atom is 0.328 e. The van der Waals surface area contributed by atoms with Crippen LogP contribution in [0.5, 0.6) is 0 Å². The lowest BCUT2D eigenvalue weighted by Gasteiger charge is -2.16. The smallest absolute Gasteiger partial charge is 0.328 e. The first-order valence-electron chi connectivity index (χ1n) is 13.4. The maximum absolute atomic E-state index is 12.3. The topological polar surface area (TPSA) is 71.3 Å². The van der Waals surface area contributed by atoms with Gasteiger partial charge in [-0.3, -0.25) is 4.79 Å². The molecule has 2 rings (SSSR count). The summed E-state index contributed by atoms with van der Waals surface area (Å²) in [5.41, 5.74) is 0.896. The van der Waals surface area contributed by atoms with Crippen molar-refractivity contribution in [1.29, 1.82) is 0 Å². The number of amides is 1. The Kier molecular flexibility index (Phi) is 14.2. The lowest BCUT2D eigenvalue weighted by molar-refractivity contribution is -0.142. The molecule has 0 spiro atoms. The Labute approximate surface area is 215 Å². The Hall–Kier alpha value is -2.27. The van der Waals surface area contributed by atoms with Gasteiger partial charge in [0, 0.05) is 28.5 Å². The van der Waals surface area contributed by atoms with Crippen LogP contribution in [0.4, 0.5) is 0 Å². The number of aliphatic carboxylic acids is 1. The summed E-state index contributed by atoms with van der Waals surface area (Å²) in [5, 5.41) is 13.9. The number of rotatable bonds is 19. The van der Waals surface area contributed by atoms with Crippen LogP contribution in [0.1, 0.15) is 96.8 Å². The zero-order valence-electron chi connectivity index (χ0n) is 21.3. The number of hydrogen-bond acceptors (Lipinski definition) is 2. The van der Waals surface area contributed by atoms with Gasteiger partial charge in [-0.05, 0) is 56.4 Å². The number of aromatic nitrogens is 1. The van der Waals surface area contributed by atoms with Crippen molar-refractivity contribution in [2.24, 2.45) is 0 Å². The summed E-state index contributed by atoms with van der Waals surface area (Å²) in [7, 11) is 0. The van der Waals surface area contributed by atoms with E-state index in [1.807, 2.05) is 29.0 Å². The molecular formula is C29H43ClN2O3. The van der Waals surface area contributed by atoms with E-state index in [0.29, 0.717) is 11.4 Å². The lowest BCUT2D eigenvalue weighted by atomic mass is 10.1. The third-order valence-electron chi connectivity index (χ3n) is 6.41. The van der Waals surface area contributed by atoms with Gasteiger partial charge in [0.2, 0.25) is 5.91 Å². The van der Waals surface area contributed by atoms with Gasteiger partial charge >= 0.3 is 5.97 Å². The lowest BCUT2D eigenvalue weighted by Crippen LogP contribution is -2.43. The van der Waals surface area contributed by atoms with Crippen molar-refractivity contribution in [2.45, 2.75) is 109 Å². The van der Waals surface area contributed by atoms with Crippen LogP contribution in [-0.2, 0) is 16.1 Å². The van der Waals surface area contributed by atoms with Crippen molar-refractivity contribution in [2.75, 3.05) is 0 Å². The Bertz CT molecular complexity index is 922. The highest BCUT2D eigenvalue weighted by Crippen LogP contribution is 2.21. The zero-order chi connectivity index (χ0) is 25.3. The van der Waals surface area contributed by atoms with Gasteiger partial charge in [0.05, 0.1) is 6.54 Å². The van der Waals surface area contributed by atoms with Crippen LogP contribution in [0.15, 0.2) is 42.6 Å². The van der Waals surface area contributed by atoms with Gasteiger partial charge in [0.1, 0.15) is 6.04 Å². The van der Waals surface area contributed by atoms with E-state index in [9.17, 15) is 14.7 Å². The molecule has 0 bridgehead atoms. The van der Waals surface area contributed by atoms with Gasteiger partial charge in [0.25, 0.3) is 0 Å². The highest BCUT2D eigenvalue weighted by molar-refractivity contribution is 6.31. The van der Waals surface area contributed by atoms with E-state index in [1.165, 1.54) is 57.8 Å². The Morgan fingerprint density at radius 1 is 0.943 bits per heavy atom. The molecule has 0 aliphatic heterocycles. The minimum absolute atomic E-state index is 0.179. The monoisotopic (exact) mass is 502 g/mol. The quantitative estimate of drug-likeness (QED) is 0.151. The molecule has 0 saturated heterocycles. The Morgan fingerprint density at radius 2 is 1.57 bits per heavy atom. The molecule has 1 aromatic carbocycles. The molecule has 35 heavy (non-hydrogen) atoms. The van der Waals surface area contributed by atoms with Crippen molar-refractivity contribution >= 4 is 34.4 Å². The minimum atomic E-state index is -1.03. The molecule has 1 unspecified atom stereocenters. The van der Waals surface area contributed by atoms with Crippen molar-refractivity contribution in [3.8, 4) is 0 Å². The molecule has 1 atom stereocenters. The Balaban J connectivity index is 1.54. The van der Waals surface area contributed by atoms with Gasteiger partial charge in [-0.25, -0.2) is 4.79 Å². The SMILES string of the molecule is CCCCCCCCC=CCCCCCCCC(=O)NC(Cn1ccc2cc(Cl)ccc21)C(=O)O. The number of nitrogens with one attached hydrogen (secondary N) is 1. The second kappa shape index (κ2) is 17.2. The molecule has 6 heteroatoms. The summed E-state index contributed by atoms with van der Waals surface area (Å²) in [6.45, 7) is 2.43. The molecule has 0 aliphatic rings. The number of nitrogens with zero attached hydrogens (tertiary/aromatic N) is 1. The fraction of sp³-hybridized carbons (Fsp3) is 0.586. The standard InChI is InChI=1S/C29H43ClN2O3/c1-2-3-4-5-6-7-8-9-10-11-12-13-14-15-16-17-28(33)31-26(29(34)35)23-32-21-20-24-22-25(30)18-19-27(24)32/h9-10,18-22,26H,2-8,11-17,23H2,1H3,(H,31,33)(H,34,35). The number of carboxylic acids is 1. The number of carbonyl (C=O) groups excluding carboxylic acids is 1. The summed E-state index contributed by atoms with van der Waals surface area (Å²) in [5.74, 6) is -1.23. The highest BCUT2D eigenvalue weighted by atomic mass is 35.5. The predicted molar refractivity (Wildman–Crippen MR) is 146 cm³/mol. The molecule has 0 radical (unpaired) electrons. The highest BCUT2D eigenvalue weighted by Gasteiger charge is 2.21. The van der Waals surface area contributed by atoms with E-state index >= 15 is 0 Å². The van der Waals surface area contributed by atoms with E-state index in [1.54, 1.807) is 6.07 Å². The summed E-state index contributed by atoms with van der Waals surface area (Å²) < 4.78 is 1.84. The van der Waals surface area contributed by atoms with Crippen LogP contribution < -0.4 is 5.32 Å². The van der Waals surface area contributed by atoms with Gasteiger partial charge in [-0.2, -0.15) is 0 Å². The largest absolute Gasteiger partial charge is 0.480 e. The average Bonchev–Trinajstić information content (AvgIpc) is 3.22. The van der Waals surface area contributed by atoms with E-state index in [-0.39, 0.29) is 12.5 Å². The normalized spacial score (nSPS) is 12.4. The summed E-state index contributed by atoms with van der Waals surface area (Å²) in [4.78, 5) is 24.0. The number of unbranched alkanes of at least 4 members (excludes halogenated alkanes) is 11. The number of halogens is 1. The second-order valence-corrected chi connectivity index (χ2v) is 9.90. The number of hydrogen-bond donors (Lipinski definition) is 2. The minimum Gasteiger partial charge on any atom is -0.480 e. The van der Waals surface area contributed by atoms with Gasteiger partial charge < -0.3 is 15.0 Å². The van der Waals surface area contributed by atoms with E-state index in [0.717, 1.165) is 36.6 Å². The first-order valence-corrected chi connectivity index (χ1v) is 13.8. The fourth-order valence-electron chi connectivity index (χ4n) is 4.34. The summed E-state index contributed by atoms with van der Waals surface area (Å²) >= 11 is 6.03. The molecule has 2 N–H and O–H groups in total. The third kappa shape index (κ3) is 11.8. The van der Waals surface area contributed by atoms with E-state index in [2.05, 4.69) is 24.4 Å². The number of allylic oxidation sites excluding steroid dienone is 2. The molecular weight excluding hydrogens is 460 g/mol. The van der Waals surface area contributed by atoms with Crippen LogP contribution >= 0.6 is 11.6 Å². The molecule has 1 aromatic heterocycles. The predicted octanol–water partition coefficient (Wildman–Crippen LogP) is 7.90. The van der Waals surface area contributed by atoms with Crippen LogP contribution in [-0.4, -0.2) is 27.6 Å². The number of benzene rings is 1. The van der Waals surface area contributed by atoms with Crippen LogP contribution in [0.3, 0.4) is 0 Å². The zero-order valence-corrected chi connectivity index (χ0v) is 22.1. The van der Waals surface area contributed by atoms with Crippen molar-refractivity contribution in [3.05, 3.63) is 47.6 Å². The molecule has 0 fully saturated rings. The molecule has 2 aromatic rings. The number of carbonyl (C=O) groups is 2. The van der Waals surface area contributed by atoms with Gasteiger partial charge in [0.15, 0.2) is 0 Å². The molecule has 0 aliphatic carbocycles. The molecule has 0 saturated carbocycles. The molecule has 1 heterocycles. The van der Waals surface area contributed by atoms with Crippen molar-refractivity contribution in [3.63, 3.8) is 0 Å². The molecule has 1 amide bonds. The maximum atomic E-state index is 12.3. The van der Waals surface area contributed by atoms with Crippen LogP contribution in [0.25, 0.3) is 10.9 Å². The Morgan fingerprint density at radius 3 is 2.23 bits per heavy atom. The van der Waals surface area contributed by atoms with Crippen LogP contribution in [0, 0.1) is 0 Å². The van der Waals surface area contributed by atoms with Gasteiger partial charge in [-0.15, -0.1) is 0 Å². The van der Waals surface area contributed by atoms with Crippen molar-refractivity contribution in [1.82, 2.24) is 9.88 Å².